The first-order valence-electron chi connectivity index (χ1n) is 26.6. The average molecular weight is 1050 g/mol. The first-order chi connectivity index (χ1) is 36.2. The molecule has 2 aromatic heterocycles. The molecule has 4 aromatic rings. The number of ether oxygens (including phenoxy) is 7. The molecule has 7 atom stereocenters. The van der Waals surface area contributed by atoms with Crippen LogP contribution >= 0.6 is 0 Å². The molecule has 19 nitrogen and oxygen atoms in total. The topological polar surface area (TPSA) is 285 Å². The van der Waals surface area contributed by atoms with Crippen molar-refractivity contribution in [3.05, 3.63) is 77.6 Å². The minimum Gasteiger partial charge on any atom is -0.491 e. The molecule has 2 aromatic carbocycles. The number of nitrogens with zero attached hydrogens (tertiary/aromatic N) is 2. The van der Waals surface area contributed by atoms with Gasteiger partial charge in [-0.3, -0.25) is 24.2 Å². The number of H-pyrrole nitrogens is 1. The van der Waals surface area contributed by atoms with Gasteiger partial charge in [-0.2, -0.15) is 0 Å². The third-order valence-corrected chi connectivity index (χ3v) is 14.1. The van der Waals surface area contributed by atoms with E-state index >= 15 is 4.79 Å². The molecule has 0 spiro atoms. The molecule has 0 saturated heterocycles. The number of aromatic nitrogens is 3. The van der Waals surface area contributed by atoms with Crippen LogP contribution < -0.4 is 32.0 Å². The lowest BCUT2D eigenvalue weighted by atomic mass is 9.70. The van der Waals surface area contributed by atoms with Crippen molar-refractivity contribution in [2.24, 2.45) is 46.8 Å². The number of imidazole rings is 1. The zero-order valence-electron chi connectivity index (χ0n) is 44.9. The highest BCUT2D eigenvalue weighted by Gasteiger charge is 2.41. The molecule has 0 aliphatic heterocycles. The van der Waals surface area contributed by atoms with Gasteiger partial charge in [0.2, 0.25) is 5.91 Å². The number of fused-ring (bicyclic) bond motifs is 1. The number of nitrogens with one attached hydrogen (secondary N) is 2. The van der Waals surface area contributed by atoms with Crippen molar-refractivity contribution in [3.8, 4) is 17.2 Å². The number of aliphatic hydroxyl groups excluding tert-OH is 1. The smallest absolute Gasteiger partial charge is 0.237 e. The molecule has 19 heteroatoms. The minimum atomic E-state index is -1.28. The van der Waals surface area contributed by atoms with E-state index in [0.29, 0.717) is 93.8 Å². The van der Waals surface area contributed by atoms with Crippen molar-refractivity contribution in [1.82, 2.24) is 20.3 Å². The van der Waals surface area contributed by atoms with E-state index in [2.05, 4.69) is 20.3 Å². The lowest BCUT2D eigenvalue weighted by Crippen LogP contribution is -2.53. The van der Waals surface area contributed by atoms with Gasteiger partial charge in [0.05, 0.1) is 102 Å². The van der Waals surface area contributed by atoms with Gasteiger partial charge >= 0.3 is 0 Å². The number of nitrogens with two attached hydrogens (primary N) is 3. The van der Waals surface area contributed by atoms with Crippen LogP contribution in [0, 0.1) is 29.6 Å². The second kappa shape index (κ2) is 31.7. The molecular weight excluding hydrogens is 963 g/mol. The number of amides is 1. The van der Waals surface area contributed by atoms with Crippen molar-refractivity contribution >= 4 is 34.0 Å². The summed E-state index contributed by atoms with van der Waals surface area (Å²) in [4.78, 5) is 68.4. The van der Waals surface area contributed by atoms with Gasteiger partial charge in [0, 0.05) is 60.3 Å². The van der Waals surface area contributed by atoms with E-state index in [0.717, 1.165) is 32.1 Å². The van der Waals surface area contributed by atoms with Crippen molar-refractivity contribution in [3.63, 3.8) is 0 Å². The zero-order valence-corrected chi connectivity index (χ0v) is 44.9. The molecule has 1 saturated carbocycles. The molecule has 0 bridgehead atoms. The number of benzene rings is 2. The van der Waals surface area contributed by atoms with Gasteiger partial charge in [-0.1, -0.05) is 77.6 Å². The van der Waals surface area contributed by atoms with E-state index in [1.807, 2.05) is 52.0 Å². The highest BCUT2D eigenvalue weighted by Crippen LogP contribution is 2.40. The van der Waals surface area contributed by atoms with Crippen LogP contribution in [-0.2, 0) is 46.2 Å². The molecule has 2 heterocycles. The Morgan fingerprint density at radius 2 is 1.41 bits per heavy atom. The molecule has 1 aliphatic rings. The van der Waals surface area contributed by atoms with Crippen LogP contribution in [0.25, 0.3) is 10.8 Å². The van der Waals surface area contributed by atoms with Gasteiger partial charge in [-0.05, 0) is 56.1 Å². The molecule has 75 heavy (non-hydrogen) atoms. The number of aromatic amines is 1. The van der Waals surface area contributed by atoms with Crippen LogP contribution in [0.4, 0.5) is 0 Å². The first-order valence-corrected chi connectivity index (χ1v) is 26.6. The molecule has 9 N–H and O–H groups in total. The monoisotopic (exact) mass is 1050 g/mol. The molecule has 414 valence electrons. The Bertz CT molecular complexity index is 2380. The van der Waals surface area contributed by atoms with Crippen LogP contribution in [0.5, 0.6) is 17.2 Å². The standard InChI is InChI=1S/C56H83N7O12/c1-7-36(4)51(58)56(68)62-33-45-55(75-48-18-12-15-40-41(48)16-11-17-47(40)74-28-27-73-26-25-72-24-23-71-22-21-70-20-19-69-6)49(37(5)64)43(32-61-45)53(66)42(35(2)3)30-46(65)52(59)50(38-13-9-8-10-14-38)54(67)44(57)29-39-31-60-34-63-39/h11-12,15-18,31-32,34-36,38,42,44,46,50-52,65H,7-10,13-14,19-30,33,57-59H2,1-6H3,(H,60,63)(H,62,68)/t36-,42?,44-,46?,50?,51-,52?/m0/s1. The predicted molar refractivity (Wildman–Crippen MR) is 285 cm³/mol. The second-order valence-corrected chi connectivity index (χ2v) is 19.8. The molecule has 4 unspecified atom stereocenters. The number of carbonyl (C=O) groups is 4. The van der Waals surface area contributed by atoms with Gasteiger partial charge < -0.3 is 65.8 Å². The number of aliphatic hydroxyl groups is 1. The van der Waals surface area contributed by atoms with Crippen molar-refractivity contribution in [2.45, 2.75) is 117 Å². The summed E-state index contributed by atoms with van der Waals surface area (Å²) in [5.74, 6) is -2.88. The Balaban J connectivity index is 1.37. The maximum absolute atomic E-state index is 15.1. The number of Topliss-reactive ketones (excluding diaryl/α,β-unsaturated/α-hetero) is 3. The van der Waals surface area contributed by atoms with Crippen molar-refractivity contribution in [1.29, 1.82) is 0 Å². The summed E-state index contributed by atoms with van der Waals surface area (Å²) in [5, 5.41) is 16.2. The maximum Gasteiger partial charge on any atom is 0.237 e. The third kappa shape index (κ3) is 17.9. The summed E-state index contributed by atoms with van der Waals surface area (Å²) in [5.41, 5.74) is 20.6. The van der Waals surface area contributed by atoms with E-state index in [-0.39, 0.29) is 72.1 Å². The number of rotatable bonds is 36. The molecule has 5 rings (SSSR count). The number of hydrogen-bond acceptors (Lipinski definition) is 17. The van der Waals surface area contributed by atoms with Gasteiger partial charge in [-0.15, -0.1) is 0 Å². The van der Waals surface area contributed by atoms with E-state index in [9.17, 15) is 19.5 Å². The highest BCUT2D eigenvalue weighted by atomic mass is 16.6. The summed E-state index contributed by atoms with van der Waals surface area (Å²) in [6.45, 7) is 12.9. The quantitative estimate of drug-likeness (QED) is 0.0228. The summed E-state index contributed by atoms with van der Waals surface area (Å²) in [7, 11) is 1.63. The minimum absolute atomic E-state index is 0.0207. The van der Waals surface area contributed by atoms with Crippen molar-refractivity contribution in [2.75, 3.05) is 73.2 Å². The lowest BCUT2D eigenvalue weighted by Gasteiger charge is -2.37. The van der Waals surface area contributed by atoms with Crippen molar-refractivity contribution < 1.29 is 57.4 Å². The summed E-state index contributed by atoms with van der Waals surface area (Å²) in [6, 6.07) is 8.18. The maximum atomic E-state index is 15.1. The Morgan fingerprint density at radius 1 is 0.813 bits per heavy atom. The Labute approximate surface area is 442 Å². The predicted octanol–water partition coefficient (Wildman–Crippen LogP) is 5.90. The van der Waals surface area contributed by atoms with Crippen LogP contribution in [-0.4, -0.2) is 141 Å². The molecule has 1 amide bonds. The largest absolute Gasteiger partial charge is 0.491 e. The van der Waals surface area contributed by atoms with Gasteiger partial charge in [0.15, 0.2) is 23.1 Å². The van der Waals surface area contributed by atoms with Crippen LogP contribution in [0.15, 0.2) is 55.1 Å². The first kappa shape index (κ1) is 60.6. The van der Waals surface area contributed by atoms with Gasteiger partial charge in [0.25, 0.3) is 0 Å². The number of methoxy groups -OCH3 is 1. The van der Waals surface area contributed by atoms with E-state index < -0.39 is 53.5 Å². The number of carbonyl (C=O) groups excluding carboxylic acids is 4. The zero-order chi connectivity index (χ0) is 54.3. The van der Waals surface area contributed by atoms with Gasteiger partial charge in [-0.25, -0.2) is 4.98 Å². The summed E-state index contributed by atoms with van der Waals surface area (Å²) in [6.07, 6.45) is 8.47. The number of pyridine rings is 1. The molecule has 1 aliphatic carbocycles. The summed E-state index contributed by atoms with van der Waals surface area (Å²) >= 11 is 0. The second-order valence-electron chi connectivity index (χ2n) is 19.8. The summed E-state index contributed by atoms with van der Waals surface area (Å²) < 4.78 is 40.1. The van der Waals surface area contributed by atoms with Gasteiger partial charge in [0.1, 0.15) is 23.8 Å². The fourth-order valence-corrected chi connectivity index (χ4v) is 9.55. The van der Waals surface area contributed by atoms with Crippen LogP contribution in [0.3, 0.4) is 0 Å². The Hall–Kier alpha value is -5.22. The Kier molecular flexibility index (Phi) is 25.7. The van der Waals surface area contributed by atoms with E-state index in [1.165, 1.54) is 19.4 Å². The number of hydrogen-bond donors (Lipinski definition) is 6. The Morgan fingerprint density at radius 3 is 1.99 bits per heavy atom. The van der Waals surface area contributed by atoms with Crippen LogP contribution in [0.1, 0.15) is 112 Å². The van der Waals surface area contributed by atoms with E-state index in [4.69, 9.17) is 50.4 Å². The molecule has 1 fully saturated rings. The number of ketones is 3. The fourth-order valence-electron chi connectivity index (χ4n) is 9.55. The highest BCUT2D eigenvalue weighted by molar-refractivity contribution is 6.10. The average Bonchev–Trinajstić information content (AvgIpc) is 3.93. The SMILES string of the molecule is CC[C@H](C)[C@H](N)C(=O)NCc1ncc(C(=O)C(CC(O)C(N)C(C(=O)[C@@H](N)Cc2cnc[nH]2)C2CCCCC2)C(C)C)c(C(C)=O)c1Oc1cccc2c(OCCOCCOCCOCCOCCOC)cccc12. The third-order valence-electron chi connectivity index (χ3n) is 14.1. The normalized spacial score (nSPS) is 16.0. The molecule has 0 radical (unpaired) electrons. The van der Waals surface area contributed by atoms with Crippen LogP contribution in [0.2, 0.25) is 0 Å². The fraction of sp³-hybridized carbons (Fsp3) is 0.607. The molecular formula is C56H83N7O12. The van der Waals surface area contributed by atoms with E-state index in [1.54, 1.807) is 25.4 Å². The lowest BCUT2D eigenvalue weighted by molar-refractivity contribution is -0.128.